The highest BCUT2D eigenvalue weighted by Gasteiger charge is 2.14. The summed E-state index contributed by atoms with van der Waals surface area (Å²) in [6, 6.07) is 13.6. The van der Waals surface area contributed by atoms with Gasteiger partial charge in [-0.05, 0) is 62.6 Å². The van der Waals surface area contributed by atoms with Gasteiger partial charge in [-0.15, -0.1) is 0 Å². The van der Waals surface area contributed by atoms with E-state index < -0.39 is 0 Å². The fourth-order valence-corrected chi connectivity index (χ4v) is 3.03. The van der Waals surface area contributed by atoms with Crippen LogP contribution in [0.15, 0.2) is 42.5 Å². The molecule has 0 spiro atoms. The first kappa shape index (κ1) is 19.1. The lowest BCUT2D eigenvalue weighted by atomic mass is 10.1. The standard InChI is InChI=1S/C22H27NO4/c1-15(2)27-19-6-4-5-18(14-19)16(3)23-22(24)10-8-17-7-9-20-21(13-17)26-12-11-25-20/h4-7,9,13-16H,8,10-12H2,1-3H3,(H,23,24). The summed E-state index contributed by atoms with van der Waals surface area (Å²) < 4.78 is 16.8. The number of aryl methyl sites for hydroxylation is 1. The van der Waals surface area contributed by atoms with Crippen molar-refractivity contribution >= 4 is 5.91 Å². The van der Waals surface area contributed by atoms with Crippen molar-refractivity contribution in [2.24, 2.45) is 0 Å². The fourth-order valence-electron chi connectivity index (χ4n) is 3.03. The summed E-state index contributed by atoms with van der Waals surface area (Å²) in [6.07, 6.45) is 1.20. The van der Waals surface area contributed by atoms with E-state index in [0.717, 1.165) is 28.4 Å². The molecule has 0 bridgehead atoms. The summed E-state index contributed by atoms with van der Waals surface area (Å²) in [4.78, 5) is 12.4. The van der Waals surface area contributed by atoms with Gasteiger partial charge < -0.3 is 19.5 Å². The SMILES string of the molecule is CC(C)Oc1cccc(C(C)NC(=O)CCc2ccc3c(c2)OCCO3)c1. The highest BCUT2D eigenvalue weighted by atomic mass is 16.6. The monoisotopic (exact) mass is 369 g/mol. The van der Waals surface area contributed by atoms with Crippen LogP contribution in [0.4, 0.5) is 0 Å². The van der Waals surface area contributed by atoms with Crippen molar-refractivity contribution in [2.75, 3.05) is 13.2 Å². The van der Waals surface area contributed by atoms with E-state index in [-0.39, 0.29) is 18.1 Å². The second kappa shape index (κ2) is 8.80. The topological polar surface area (TPSA) is 56.8 Å². The minimum Gasteiger partial charge on any atom is -0.491 e. The Morgan fingerprint density at radius 3 is 2.63 bits per heavy atom. The molecule has 1 N–H and O–H groups in total. The van der Waals surface area contributed by atoms with E-state index >= 15 is 0 Å². The summed E-state index contributed by atoms with van der Waals surface area (Å²) >= 11 is 0. The Kier molecular flexibility index (Phi) is 6.22. The Bertz CT molecular complexity index is 788. The van der Waals surface area contributed by atoms with Gasteiger partial charge in [0, 0.05) is 6.42 Å². The molecule has 0 aromatic heterocycles. The number of carbonyl (C=O) groups excluding carboxylic acids is 1. The Balaban J connectivity index is 1.53. The van der Waals surface area contributed by atoms with E-state index in [0.29, 0.717) is 26.1 Å². The van der Waals surface area contributed by atoms with Gasteiger partial charge in [0.15, 0.2) is 11.5 Å². The first-order chi connectivity index (χ1) is 13.0. The minimum atomic E-state index is -0.0755. The Labute approximate surface area is 160 Å². The molecule has 2 aromatic carbocycles. The molecule has 27 heavy (non-hydrogen) atoms. The molecule has 5 nitrogen and oxygen atoms in total. The lowest BCUT2D eigenvalue weighted by molar-refractivity contribution is -0.121. The maximum absolute atomic E-state index is 12.4. The second-order valence-corrected chi connectivity index (χ2v) is 7.01. The van der Waals surface area contributed by atoms with Gasteiger partial charge in [-0.3, -0.25) is 4.79 Å². The maximum atomic E-state index is 12.4. The molecule has 1 atom stereocenters. The Hall–Kier alpha value is -2.69. The van der Waals surface area contributed by atoms with Crippen LogP contribution in [0.2, 0.25) is 0 Å². The molecular formula is C22H27NO4. The smallest absolute Gasteiger partial charge is 0.220 e. The van der Waals surface area contributed by atoms with E-state index in [1.807, 2.05) is 63.2 Å². The first-order valence-electron chi connectivity index (χ1n) is 9.46. The van der Waals surface area contributed by atoms with Gasteiger partial charge in [-0.2, -0.15) is 0 Å². The molecule has 1 aliphatic rings. The third-order valence-electron chi connectivity index (χ3n) is 4.35. The van der Waals surface area contributed by atoms with Crippen LogP contribution in [0.5, 0.6) is 17.2 Å². The predicted octanol–water partition coefficient (Wildman–Crippen LogP) is 4.06. The van der Waals surface area contributed by atoms with Crippen molar-refractivity contribution in [1.29, 1.82) is 0 Å². The zero-order valence-electron chi connectivity index (χ0n) is 16.2. The number of hydrogen-bond acceptors (Lipinski definition) is 4. The number of carbonyl (C=O) groups is 1. The number of ether oxygens (including phenoxy) is 3. The van der Waals surface area contributed by atoms with Gasteiger partial charge in [0.25, 0.3) is 0 Å². The molecule has 0 fully saturated rings. The average Bonchev–Trinajstić information content (AvgIpc) is 2.66. The molecule has 0 aliphatic carbocycles. The molecule has 0 saturated heterocycles. The summed E-state index contributed by atoms with van der Waals surface area (Å²) in [5.41, 5.74) is 2.09. The van der Waals surface area contributed by atoms with Crippen LogP contribution in [0.25, 0.3) is 0 Å². The lowest BCUT2D eigenvalue weighted by Crippen LogP contribution is -2.26. The van der Waals surface area contributed by atoms with E-state index in [1.54, 1.807) is 0 Å². The van der Waals surface area contributed by atoms with E-state index in [1.165, 1.54) is 0 Å². The zero-order chi connectivity index (χ0) is 19.2. The molecule has 1 aliphatic heterocycles. The van der Waals surface area contributed by atoms with E-state index in [2.05, 4.69) is 5.32 Å². The molecule has 1 unspecified atom stereocenters. The van der Waals surface area contributed by atoms with Gasteiger partial charge in [0.05, 0.1) is 12.1 Å². The van der Waals surface area contributed by atoms with Crippen LogP contribution < -0.4 is 19.5 Å². The third kappa shape index (κ3) is 5.39. The van der Waals surface area contributed by atoms with Crippen molar-refractivity contribution in [3.8, 4) is 17.2 Å². The molecule has 3 rings (SSSR count). The van der Waals surface area contributed by atoms with Crippen molar-refractivity contribution in [2.45, 2.75) is 45.8 Å². The van der Waals surface area contributed by atoms with Crippen molar-refractivity contribution in [1.82, 2.24) is 5.32 Å². The minimum absolute atomic E-state index is 0.0209. The largest absolute Gasteiger partial charge is 0.491 e. The fraction of sp³-hybridized carbons (Fsp3) is 0.409. The van der Waals surface area contributed by atoms with Crippen molar-refractivity contribution < 1.29 is 19.0 Å². The molecule has 1 amide bonds. The van der Waals surface area contributed by atoms with Crippen molar-refractivity contribution in [3.63, 3.8) is 0 Å². The van der Waals surface area contributed by atoms with E-state index in [9.17, 15) is 4.79 Å². The Morgan fingerprint density at radius 2 is 1.85 bits per heavy atom. The van der Waals surface area contributed by atoms with Crippen LogP contribution in [-0.4, -0.2) is 25.2 Å². The number of amides is 1. The van der Waals surface area contributed by atoms with E-state index in [4.69, 9.17) is 14.2 Å². The zero-order valence-corrected chi connectivity index (χ0v) is 16.2. The van der Waals surface area contributed by atoms with Crippen LogP contribution in [0.1, 0.15) is 44.4 Å². The maximum Gasteiger partial charge on any atom is 0.220 e. The molecule has 144 valence electrons. The molecular weight excluding hydrogens is 342 g/mol. The van der Waals surface area contributed by atoms with Gasteiger partial charge >= 0.3 is 0 Å². The number of nitrogens with one attached hydrogen (secondary N) is 1. The molecule has 0 saturated carbocycles. The Morgan fingerprint density at radius 1 is 1.07 bits per heavy atom. The van der Waals surface area contributed by atoms with Gasteiger partial charge in [-0.25, -0.2) is 0 Å². The number of rotatable bonds is 7. The third-order valence-corrected chi connectivity index (χ3v) is 4.35. The van der Waals surface area contributed by atoms with Crippen LogP contribution in [-0.2, 0) is 11.2 Å². The summed E-state index contributed by atoms with van der Waals surface area (Å²) in [6.45, 7) is 7.12. The van der Waals surface area contributed by atoms with Crippen LogP contribution >= 0.6 is 0 Å². The summed E-state index contributed by atoms with van der Waals surface area (Å²) in [5.74, 6) is 2.37. The molecule has 2 aromatic rings. The van der Waals surface area contributed by atoms with Crippen LogP contribution in [0, 0.1) is 0 Å². The summed E-state index contributed by atoms with van der Waals surface area (Å²) in [7, 11) is 0. The molecule has 1 heterocycles. The highest BCUT2D eigenvalue weighted by Crippen LogP contribution is 2.31. The second-order valence-electron chi connectivity index (χ2n) is 7.01. The average molecular weight is 369 g/mol. The quantitative estimate of drug-likeness (QED) is 0.800. The highest BCUT2D eigenvalue weighted by molar-refractivity contribution is 5.76. The lowest BCUT2D eigenvalue weighted by Gasteiger charge is -2.19. The normalized spacial score (nSPS) is 13.9. The van der Waals surface area contributed by atoms with Gasteiger partial charge in [-0.1, -0.05) is 18.2 Å². The predicted molar refractivity (Wildman–Crippen MR) is 105 cm³/mol. The summed E-state index contributed by atoms with van der Waals surface area (Å²) in [5, 5.41) is 3.06. The number of fused-ring (bicyclic) bond motifs is 1. The first-order valence-corrected chi connectivity index (χ1v) is 9.46. The van der Waals surface area contributed by atoms with Crippen molar-refractivity contribution in [3.05, 3.63) is 53.6 Å². The van der Waals surface area contributed by atoms with Gasteiger partial charge in [0.2, 0.25) is 5.91 Å². The number of hydrogen-bond donors (Lipinski definition) is 1. The molecule has 0 radical (unpaired) electrons. The van der Waals surface area contributed by atoms with Gasteiger partial charge in [0.1, 0.15) is 19.0 Å². The molecule has 5 heteroatoms. The van der Waals surface area contributed by atoms with Crippen LogP contribution in [0.3, 0.4) is 0 Å². The number of benzene rings is 2.